The Labute approximate surface area is 92.0 Å². The van der Waals surface area contributed by atoms with Crippen molar-refractivity contribution < 1.29 is 9.18 Å². The second-order valence-electron chi connectivity index (χ2n) is 3.33. The first-order valence-electron chi connectivity index (χ1n) is 4.81. The van der Waals surface area contributed by atoms with E-state index < -0.39 is 5.82 Å². The van der Waals surface area contributed by atoms with Gasteiger partial charge in [0.15, 0.2) is 5.78 Å². The summed E-state index contributed by atoms with van der Waals surface area (Å²) in [4.78, 5) is 11.7. The number of hydrogen-bond acceptors (Lipinski definition) is 3. The number of rotatable bonds is 3. The van der Waals surface area contributed by atoms with Crippen LogP contribution < -0.4 is 0 Å². The lowest BCUT2D eigenvalue weighted by Gasteiger charge is -1.99. The number of halogens is 1. The van der Waals surface area contributed by atoms with Crippen LogP contribution in [-0.2, 0) is 6.42 Å². The third kappa shape index (κ3) is 2.48. The molecule has 0 saturated heterocycles. The maximum Gasteiger partial charge on any atom is 0.168 e. The molecule has 0 bridgehead atoms. The number of ketones is 1. The van der Waals surface area contributed by atoms with Crippen LogP contribution >= 0.6 is 0 Å². The fourth-order valence-corrected chi connectivity index (χ4v) is 1.36. The maximum absolute atomic E-state index is 12.9. The number of carbonyl (C=O) groups is 1. The van der Waals surface area contributed by atoms with Crippen LogP contribution in [0.5, 0.6) is 0 Å². The van der Waals surface area contributed by atoms with Crippen LogP contribution in [0.2, 0.25) is 0 Å². The SMILES string of the molecule is O=C(Cc1cccnn1)c1cccc(F)c1. The van der Waals surface area contributed by atoms with Crippen molar-refractivity contribution in [2.75, 3.05) is 0 Å². The molecule has 0 saturated carbocycles. The Hall–Kier alpha value is -2.10. The van der Waals surface area contributed by atoms with Gasteiger partial charge in [-0.3, -0.25) is 4.79 Å². The number of aromatic nitrogens is 2. The first-order valence-corrected chi connectivity index (χ1v) is 4.81. The van der Waals surface area contributed by atoms with Gasteiger partial charge in [0.1, 0.15) is 5.82 Å². The van der Waals surface area contributed by atoms with E-state index >= 15 is 0 Å². The van der Waals surface area contributed by atoms with Crippen molar-refractivity contribution in [3.8, 4) is 0 Å². The van der Waals surface area contributed by atoms with Crippen molar-refractivity contribution in [1.29, 1.82) is 0 Å². The van der Waals surface area contributed by atoms with Gasteiger partial charge in [0.05, 0.1) is 12.1 Å². The van der Waals surface area contributed by atoms with Crippen molar-refractivity contribution in [3.63, 3.8) is 0 Å². The highest BCUT2D eigenvalue weighted by Crippen LogP contribution is 2.07. The Morgan fingerprint density at radius 2 is 2.12 bits per heavy atom. The van der Waals surface area contributed by atoms with Gasteiger partial charge in [-0.2, -0.15) is 10.2 Å². The molecule has 4 heteroatoms. The molecule has 2 aromatic rings. The summed E-state index contributed by atoms with van der Waals surface area (Å²) < 4.78 is 12.9. The van der Waals surface area contributed by atoms with Gasteiger partial charge in [0.2, 0.25) is 0 Å². The maximum atomic E-state index is 12.9. The average molecular weight is 216 g/mol. The van der Waals surface area contributed by atoms with E-state index in [1.807, 2.05) is 0 Å². The molecule has 80 valence electrons. The highest BCUT2D eigenvalue weighted by atomic mass is 19.1. The van der Waals surface area contributed by atoms with Crippen molar-refractivity contribution in [3.05, 3.63) is 59.7 Å². The molecule has 1 heterocycles. The van der Waals surface area contributed by atoms with Crippen LogP contribution in [-0.4, -0.2) is 16.0 Å². The van der Waals surface area contributed by atoms with Gasteiger partial charge in [-0.25, -0.2) is 4.39 Å². The van der Waals surface area contributed by atoms with E-state index in [1.54, 1.807) is 18.2 Å². The van der Waals surface area contributed by atoms with Gasteiger partial charge >= 0.3 is 0 Å². The number of Topliss-reactive ketones (excluding diaryl/α,β-unsaturated/α-hetero) is 1. The molecule has 0 unspecified atom stereocenters. The van der Waals surface area contributed by atoms with Crippen LogP contribution in [0, 0.1) is 5.82 Å². The van der Waals surface area contributed by atoms with E-state index in [4.69, 9.17) is 0 Å². The molecule has 0 radical (unpaired) electrons. The third-order valence-electron chi connectivity index (χ3n) is 2.12. The lowest BCUT2D eigenvalue weighted by Crippen LogP contribution is -2.05. The van der Waals surface area contributed by atoms with Gasteiger partial charge in [-0.05, 0) is 24.3 Å². The largest absolute Gasteiger partial charge is 0.294 e. The van der Waals surface area contributed by atoms with Crippen LogP contribution in [0.15, 0.2) is 42.6 Å². The van der Waals surface area contributed by atoms with Crippen LogP contribution in [0.4, 0.5) is 4.39 Å². The number of hydrogen-bond donors (Lipinski definition) is 0. The number of carbonyl (C=O) groups excluding carboxylic acids is 1. The molecule has 0 aliphatic heterocycles. The Morgan fingerprint density at radius 3 is 2.81 bits per heavy atom. The zero-order valence-electron chi connectivity index (χ0n) is 8.43. The smallest absolute Gasteiger partial charge is 0.168 e. The molecule has 0 aliphatic rings. The fourth-order valence-electron chi connectivity index (χ4n) is 1.36. The normalized spacial score (nSPS) is 10.1. The number of benzene rings is 1. The molecule has 0 aliphatic carbocycles. The standard InChI is InChI=1S/C12H9FN2O/c13-10-4-1-3-9(7-10)12(16)8-11-5-2-6-14-15-11/h1-7H,8H2. The Kier molecular flexibility index (Phi) is 3.00. The minimum Gasteiger partial charge on any atom is -0.294 e. The van der Waals surface area contributed by atoms with Crippen molar-refractivity contribution in [2.45, 2.75) is 6.42 Å². The van der Waals surface area contributed by atoms with Crippen LogP contribution in [0.3, 0.4) is 0 Å². The van der Waals surface area contributed by atoms with E-state index in [9.17, 15) is 9.18 Å². The van der Waals surface area contributed by atoms with E-state index in [-0.39, 0.29) is 12.2 Å². The Balaban J connectivity index is 2.15. The Morgan fingerprint density at radius 1 is 1.25 bits per heavy atom. The van der Waals surface area contributed by atoms with Crippen molar-refractivity contribution >= 4 is 5.78 Å². The Bertz CT molecular complexity index is 499. The van der Waals surface area contributed by atoms with E-state index in [1.165, 1.54) is 24.4 Å². The molecule has 3 nitrogen and oxygen atoms in total. The predicted octanol–water partition coefficient (Wildman–Crippen LogP) is 2.04. The van der Waals surface area contributed by atoms with Crippen molar-refractivity contribution in [2.24, 2.45) is 0 Å². The molecule has 0 N–H and O–H groups in total. The molecule has 1 aromatic heterocycles. The lowest BCUT2D eigenvalue weighted by atomic mass is 10.1. The second kappa shape index (κ2) is 4.61. The highest BCUT2D eigenvalue weighted by molar-refractivity contribution is 5.97. The van der Waals surface area contributed by atoms with Crippen LogP contribution in [0.1, 0.15) is 16.1 Å². The van der Waals surface area contributed by atoms with Gasteiger partial charge in [-0.1, -0.05) is 12.1 Å². The first kappa shape index (κ1) is 10.4. The highest BCUT2D eigenvalue weighted by Gasteiger charge is 2.08. The van der Waals surface area contributed by atoms with Gasteiger partial charge in [0.25, 0.3) is 0 Å². The van der Waals surface area contributed by atoms with Gasteiger partial charge in [-0.15, -0.1) is 0 Å². The predicted molar refractivity (Wildman–Crippen MR) is 56.5 cm³/mol. The summed E-state index contributed by atoms with van der Waals surface area (Å²) in [6.45, 7) is 0. The minimum atomic E-state index is -0.412. The summed E-state index contributed by atoms with van der Waals surface area (Å²) in [5, 5.41) is 7.47. The molecular formula is C12H9FN2O. The van der Waals surface area contributed by atoms with Crippen LogP contribution in [0.25, 0.3) is 0 Å². The summed E-state index contributed by atoms with van der Waals surface area (Å²) in [6, 6.07) is 9.05. The molecular weight excluding hydrogens is 207 g/mol. The monoisotopic (exact) mass is 216 g/mol. The molecule has 2 rings (SSSR count). The summed E-state index contributed by atoms with van der Waals surface area (Å²) in [6.07, 6.45) is 1.67. The van der Waals surface area contributed by atoms with Gasteiger partial charge in [0, 0.05) is 11.8 Å². The zero-order chi connectivity index (χ0) is 11.4. The van der Waals surface area contributed by atoms with Gasteiger partial charge < -0.3 is 0 Å². The summed E-state index contributed by atoms with van der Waals surface area (Å²) in [5.41, 5.74) is 0.933. The topological polar surface area (TPSA) is 42.9 Å². The minimum absolute atomic E-state index is 0.136. The summed E-state index contributed by atoms with van der Waals surface area (Å²) in [7, 11) is 0. The quantitative estimate of drug-likeness (QED) is 0.737. The fraction of sp³-hybridized carbons (Fsp3) is 0.0833. The molecule has 0 amide bonds. The van der Waals surface area contributed by atoms with E-state index in [0.717, 1.165) is 0 Å². The number of nitrogens with zero attached hydrogens (tertiary/aromatic N) is 2. The van der Waals surface area contributed by atoms with Crippen molar-refractivity contribution in [1.82, 2.24) is 10.2 Å². The molecule has 0 fully saturated rings. The summed E-state index contributed by atoms with van der Waals surface area (Å²) in [5.74, 6) is -0.579. The average Bonchev–Trinajstić information content (AvgIpc) is 2.30. The molecule has 1 aromatic carbocycles. The second-order valence-corrected chi connectivity index (χ2v) is 3.33. The first-order chi connectivity index (χ1) is 7.75. The molecule has 0 spiro atoms. The molecule has 0 atom stereocenters. The third-order valence-corrected chi connectivity index (χ3v) is 2.12. The lowest BCUT2D eigenvalue weighted by molar-refractivity contribution is 0.0991. The summed E-state index contributed by atoms with van der Waals surface area (Å²) >= 11 is 0. The molecule has 16 heavy (non-hydrogen) atoms. The zero-order valence-corrected chi connectivity index (χ0v) is 8.43. The van der Waals surface area contributed by atoms with E-state index in [0.29, 0.717) is 11.3 Å². The van der Waals surface area contributed by atoms with E-state index in [2.05, 4.69) is 10.2 Å².